The Balaban J connectivity index is 2.29. The van der Waals surface area contributed by atoms with Crippen LogP contribution >= 0.6 is 11.6 Å². The monoisotopic (exact) mass is 286 g/mol. The molecule has 1 atom stereocenters. The smallest absolute Gasteiger partial charge is 0.176 e. The predicted octanol–water partition coefficient (Wildman–Crippen LogP) is 0.993. The zero-order valence-electron chi connectivity index (χ0n) is 10.9. The number of aliphatic hydroxyl groups is 1. The standard InChI is InChI=1S/C13H19ClN2O3/c1-19-12-7-9(6-10(14)13(12)18)11(8-17)16-4-2-15-3-5-16/h6-7,11,15,17-18H,2-5,8H2,1H3/t11-/m0/s1. The molecule has 0 unspecified atom stereocenters. The Labute approximate surface area is 117 Å². The molecule has 106 valence electrons. The second-order valence-corrected chi connectivity index (χ2v) is 4.95. The highest BCUT2D eigenvalue weighted by Gasteiger charge is 2.23. The van der Waals surface area contributed by atoms with Gasteiger partial charge in [-0.05, 0) is 17.7 Å². The van der Waals surface area contributed by atoms with E-state index < -0.39 is 0 Å². The van der Waals surface area contributed by atoms with E-state index >= 15 is 0 Å². The van der Waals surface area contributed by atoms with Gasteiger partial charge in [-0.1, -0.05) is 11.6 Å². The summed E-state index contributed by atoms with van der Waals surface area (Å²) in [5.41, 5.74) is 0.851. The summed E-state index contributed by atoms with van der Waals surface area (Å²) in [6.07, 6.45) is 0. The Bertz CT molecular complexity index is 436. The number of piperazine rings is 1. The summed E-state index contributed by atoms with van der Waals surface area (Å²) in [5, 5.41) is 22.9. The van der Waals surface area contributed by atoms with Gasteiger partial charge < -0.3 is 20.3 Å². The van der Waals surface area contributed by atoms with E-state index in [1.807, 2.05) is 0 Å². The van der Waals surface area contributed by atoms with Gasteiger partial charge in [0.25, 0.3) is 0 Å². The molecule has 1 fully saturated rings. The van der Waals surface area contributed by atoms with Crippen molar-refractivity contribution < 1.29 is 14.9 Å². The first-order chi connectivity index (χ1) is 9.17. The number of phenols is 1. The van der Waals surface area contributed by atoms with Crippen molar-refractivity contribution in [1.82, 2.24) is 10.2 Å². The molecular weight excluding hydrogens is 268 g/mol. The van der Waals surface area contributed by atoms with Gasteiger partial charge >= 0.3 is 0 Å². The van der Waals surface area contributed by atoms with E-state index in [4.69, 9.17) is 16.3 Å². The minimum Gasteiger partial charge on any atom is -0.503 e. The summed E-state index contributed by atoms with van der Waals surface area (Å²) in [5.74, 6) is 0.265. The molecule has 0 radical (unpaired) electrons. The molecule has 0 aromatic heterocycles. The summed E-state index contributed by atoms with van der Waals surface area (Å²) in [4.78, 5) is 2.19. The molecule has 19 heavy (non-hydrogen) atoms. The van der Waals surface area contributed by atoms with Crippen LogP contribution in [0.1, 0.15) is 11.6 Å². The van der Waals surface area contributed by atoms with Crippen LogP contribution in [0.15, 0.2) is 12.1 Å². The fourth-order valence-corrected chi connectivity index (χ4v) is 2.59. The van der Waals surface area contributed by atoms with Crippen molar-refractivity contribution in [2.45, 2.75) is 6.04 Å². The van der Waals surface area contributed by atoms with Crippen LogP contribution in [0.2, 0.25) is 5.02 Å². The van der Waals surface area contributed by atoms with Crippen LogP contribution in [-0.4, -0.2) is 55.0 Å². The molecule has 1 heterocycles. The molecule has 1 aromatic rings. The maximum Gasteiger partial charge on any atom is 0.176 e. The number of phenolic OH excluding ortho intramolecular Hbond substituents is 1. The highest BCUT2D eigenvalue weighted by Crippen LogP contribution is 2.37. The molecule has 5 nitrogen and oxygen atoms in total. The Morgan fingerprint density at radius 3 is 2.68 bits per heavy atom. The van der Waals surface area contributed by atoms with Gasteiger partial charge in [0.1, 0.15) is 0 Å². The maximum absolute atomic E-state index is 9.74. The van der Waals surface area contributed by atoms with Crippen molar-refractivity contribution in [3.63, 3.8) is 0 Å². The van der Waals surface area contributed by atoms with Crippen LogP contribution in [0, 0.1) is 0 Å². The number of rotatable bonds is 4. The number of benzene rings is 1. The van der Waals surface area contributed by atoms with Gasteiger partial charge in [0.05, 0.1) is 24.8 Å². The van der Waals surface area contributed by atoms with Crippen molar-refractivity contribution in [2.24, 2.45) is 0 Å². The van der Waals surface area contributed by atoms with Gasteiger partial charge in [-0.15, -0.1) is 0 Å². The highest BCUT2D eigenvalue weighted by atomic mass is 35.5. The molecule has 1 aliphatic heterocycles. The zero-order chi connectivity index (χ0) is 13.8. The number of nitrogens with zero attached hydrogens (tertiary/aromatic N) is 1. The van der Waals surface area contributed by atoms with Crippen molar-refractivity contribution in [1.29, 1.82) is 0 Å². The lowest BCUT2D eigenvalue weighted by molar-refractivity contribution is 0.110. The largest absolute Gasteiger partial charge is 0.503 e. The molecule has 2 rings (SSSR count). The van der Waals surface area contributed by atoms with Gasteiger partial charge in [0.15, 0.2) is 11.5 Å². The van der Waals surface area contributed by atoms with Gasteiger partial charge in [-0.3, -0.25) is 4.90 Å². The summed E-state index contributed by atoms with van der Waals surface area (Å²) in [7, 11) is 1.48. The number of ether oxygens (including phenoxy) is 1. The Hall–Kier alpha value is -1.01. The van der Waals surface area contributed by atoms with Crippen LogP contribution < -0.4 is 10.1 Å². The first kappa shape index (κ1) is 14.4. The number of hydrogen-bond acceptors (Lipinski definition) is 5. The number of halogens is 1. The maximum atomic E-state index is 9.74. The van der Waals surface area contributed by atoms with E-state index in [-0.39, 0.29) is 23.4 Å². The summed E-state index contributed by atoms with van der Waals surface area (Å²) >= 11 is 6.00. The zero-order valence-corrected chi connectivity index (χ0v) is 11.7. The SMILES string of the molecule is COc1cc([C@H](CO)N2CCNCC2)cc(Cl)c1O. The Kier molecular flexibility index (Phi) is 4.87. The lowest BCUT2D eigenvalue weighted by atomic mass is 10.0. The molecule has 1 aliphatic rings. The second-order valence-electron chi connectivity index (χ2n) is 4.54. The lowest BCUT2D eigenvalue weighted by Crippen LogP contribution is -2.46. The fourth-order valence-electron chi connectivity index (χ4n) is 2.37. The minimum absolute atomic E-state index is 0.00422. The van der Waals surface area contributed by atoms with Crippen molar-refractivity contribution in [3.8, 4) is 11.5 Å². The number of nitrogens with one attached hydrogen (secondary N) is 1. The van der Waals surface area contributed by atoms with Gasteiger partial charge in [0.2, 0.25) is 0 Å². The third kappa shape index (κ3) is 3.12. The highest BCUT2D eigenvalue weighted by molar-refractivity contribution is 6.32. The third-order valence-electron chi connectivity index (χ3n) is 3.42. The van der Waals surface area contributed by atoms with Crippen molar-refractivity contribution >= 4 is 11.6 Å². The molecule has 0 spiro atoms. The van der Waals surface area contributed by atoms with E-state index in [0.29, 0.717) is 5.75 Å². The topological polar surface area (TPSA) is 65.0 Å². The first-order valence-corrected chi connectivity index (χ1v) is 6.67. The predicted molar refractivity (Wildman–Crippen MR) is 73.9 cm³/mol. The van der Waals surface area contributed by atoms with Crippen molar-refractivity contribution in [2.75, 3.05) is 39.9 Å². The minimum atomic E-state index is -0.130. The first-order valence-electron chi connectivity index (χ1n) is 6.29. The van der Waals surface area contributed by atoms with Crippen LogP contribution in [0.3, 0.4) is 0 Å². The van der Waals surface area contributed by atoms with Crippen LogP contribution in [-0.2, 0) is 0 Å². The molecule has 0 aliphatic carbocycles. The van der Waals surface area contributed by atoms with E-state index in [0.717, 1.165) is 31.7 Å². The van der Waals surface area contributed by atoms with Crippen molar-refractivity contribution in [3.05, 3.63) is 22.7 Å². The van der Waals surface area contributed by atoms with E-state index in [1.165, 1.54) is 7.11 Å². The molecular formula is C13H19ClN2O3. The average Bonchev–Trinajstić information content (AvgIpc) is 2.44. The molecule has 0 bridgehead atoms. The summed E-state index contributed by atoms with van der Waals surface area (Å²) < 4.78 is 5.10. The van der Waals surface area contributed by atoms with Crippen LogP contribution in [0.5, 0.6) is 11.5 Å². The quantitative estimate of drug-likeness (QED) is 0.770. The van der Waals surface area contributed by atoms with E-state index in [1.54, 1.807) is 12.1 Å². The van der Waals surface area contributed by atoms with Crippen LogP contribution in [0.4, 0.5) is 0 Å². The van der Waals surface area contributed by atoms with Gasteiger partial charge in [0, 0.05) is 26.2 Å². The normalized spacial score (nSPS) is 18.3. The molecule has 6 heteroatoms. The van der Waals surface area contributed by atoms with E-state index in [9.17, 15) is 10.2 Å². The number of aromatic hydroxyl groups is 1. The van der Waals surface area contributed by atoms with Crippen LogP contribution in [0.25, 0.3) is 0 Å². The molecule has 0 amide bonds. The Morgan fingerprint density at radius 1 is 1.42 bits per heavy atom. The lowest BCUT2D eigenvalue weighted by Gasteiger charge is -2.34. The third-order valence-corrected chi connectivity index (χ3v) is 3.71. The Morgan fingerprint density at radius 2 is 2.11 bits per heavy atom. The fraction of sp³-hybridized carbons (Fsp3) is 0.538. The van der Waals surface area contributed by atoms with Gasteiger partial charge in [-0.2, -0.15) is 0 Å². The average molecular weight is 287 g/mol. The number of hydrogen-bond donors (Lipinski definition) is 3. The van der Waals surface area contributed by atoms with E-state index in [2.05, 4.69) is 10.2 Å². The molecule has 1 saturated heterocycles. The molecule has 1 aromatic carbocycles. The van der Waals surface area contributed by atoms with Gasteiger partial charge in [-0.25, -0.2) is 0 Å². The summed E-state index contributed by atoms with van der Waals surface area (Å²) in [6.45, 7) is 3.54. The summed E-state index contributed by atoms with van der Waals surface area (Å²) in [6, 6.07) is 3.28. The number of methoxy groups -OCH3 is 1. The second kappa shape index (κ2) is 6.43. The number of aliphatic hydroxyl groups excluding tert-OH is 1. The molecule has 0 saturated carbocycles. The molecule has 3 N–H and O–H groups in total.